The topological polar surface area (TPSA) is 54.0 Å². The van der Waals surface area contributed by atoms with Crippen molar-refractivity contribution < 1.29 is 14.3 Å². The number of fused-ring (bicyclic) bond motifs is 1. The minimum atomic E-state index is 0. The van der Waals surface area contributed by atoms with Gasteiger partial charge in [0.1, 0.15) is 17.6 Å². The lowest BCUT2D eigenvalue weighted by Gasteiger charge is -2.32. The smallest absolute Gasteiger partial charge is 0.226 e. The van der Waals surface area contributed by atoms with Crippen molar-refractivity contribution in [3.8, 4) is 11.5 Å². The van der Waals surface area contributed by atoms with E-state index in [0.717, 1.165) is 75.6 Å². The molecule has 1 amide bonds. The van der Waals surface area contributed by atoms with Gasteiger partial charge in [0.25, 0.3) is 0 Å². The lowest BCUT2D eigenvalue weighted by Crippen LogP contribution is -2.49. The summed E-state index contributed by atoms with van der Waals surface area (Å²) in [6, 6.07) is 4.83. The number of amides is 1. The highest BCUT2D eigenvalue weighted by Crippen LogP contribution is 2.53. The van der Waals surface area contributed by atoms with E-state index in [0.29, 0.717) is 18.6 Å². The number of piperazine rings is 1. The molecule has 0 aromatic heterocycles. The summed E-state index contributed by atoms with van der Waals surface area (Å²) in [6.07, 6.45) is 3.20. The van der Waals surface area contributed by atoms with Crippen molar-refractivity contribution in [3.05, 3.63) is 23.3 Å². The Hall–Kier alpha value is -1.50. The van der Waals surface area contributed by atoms with Crippen LogP contribution in [0.2, 0.25) is 0 Å². The lowest BCUT2D eigenvalue weighted by atomic mass is 10.0. The molecule has 0 radical (unpaired) electrons. The van der Waals surface area contributed by atoms with Gasteiger partial charge in [0, 0.05) is 74.7 Å². The van der Waals surface area contributed by atoms with Crippen LogP contribution in [0, 0.1) is 5.92 Å². The predicted molar refractivity (Wildman–Crippen MR) is 119 cm³/mol. The van der Waals surface area contributed by atoms with Gasteiger partial charge < -0.3 is 19.7 Å². The second kappa shape index (κ2) is 8.93. The van der Waals surface area contributed by atoms with Gasteiger partial charge in [-0.15, -0.1) is 12.4 Å². The van der Waals surface area contributed by atoms with Crippen LogP contribution in [0.1, 0.15) is 43.7 Å². The molecule has 5 rings (SSSR count). The van der Waals surface area contributed by atoms with E-state index in [1.807, 2.05) is 6.92 Å². The second-order valence-electron chi connectivity index (χ2n) is 9.02. The Morgan fingerprint density at radius 3 is 2.83 bits per heavy atom. The molecule has 1 saturated carbocycles. The van der Waals surface area contributed by atoms with Gasteiger partial charge in [-0.2, -0.15) is 0 Å². The number of hydrogen-bond acceptors (Lipinski definition) is 5. The first-order valence-corrected chi connectivity index (χ1v) is 11.3. The summed E-state index contributed by atoms with van der Waals surface area (Å²) >= 11 is 0. The zero-order valence-corrected chi connectivity index (χ0v) is 18.9. The van der Waals surface area contributed by atoms with Crippen molar-refractivity contribution in [1.29, 1.82) is 0 Å². The molecule has 3 aliphatic heterocycles. The maximum atomic E-state index is 13.2. The number of carbonyl (C=O) groups excluding carboxylic acids is 1. The number of hydrogen-bond donors (Lipinski definition) is 1. The molecule has 3 heterocycles. The van der Waals surface area contributed by atoms with Gasteiger partial charge in [-0.3, -0.25) is 9.69 Å². The van der Waals surface area contributed by atoms with E-state index in [2.05, 4.69) is 34.2 Å². The van der Waals surface area contributed by atoms with Crippen LogP contribution < -0.4 is 14.8 Å². The van der Waals surface area contributed by atoms with Crippen LogP contribution >= 0.6 is 12.4 Å². The monoisotopic (exact) mass is 435 g/mol. The van der Waals surface area contributed by atoms with Gasteiger partial charge in [0.05, 0.1) is 6.61 Å². The SMILES string of the molecule is CCOc1cc2c(cc1C1CC1C(=O)N1CCC(N3CCNCC3)C1)OC(C)C2.Cl. The predicted octanol–water partition coefficient (Wildman–Crippen LogP) is 2.44. The van der Waals surface area contributed by atoms with E-state index < -0.39 is 0 Å². The van der Waals surface area contributed by atoms with Crippen molar-refractivity contribution in [1.82, 2.24) is 15.1 Å². The minimum Gasteiger partial charge on any atom is -0.494 e. The summed E-state index contributed by atoms with van der Waals surface area (Å²) in [7, 11) is 0. The summed E-state index contributed by atoms with van der Waals surface area (Å²) in [5.41, 5.74) is 2.39. The van der Waals surface area contributed by atoms with Crippen molar-refractivity contribution >= 4 is 18.3 Å². The molecule has 166 valence electrons. The Kier molecular flexibility index (Phi) is 6.47. The summed E-state index contributed by atoms with van der Waals surface area (Å²) in [6.45, 7) is 10.9. The number of benzene rings is 1. The van der Waals surface area contributed by atoms with Gasteiger partial charge in [0.15, 0.2) is 0 Å². The van der Waals surface area contributed by atoms with Crippen LogP contribution in [0.15, 0.2) is 12.1 Å². The third kappa shape index (κ3) is 4.14. The van der Waals surface area contributed by atoms with Gasteiger partial charge in [-0.25, -0.2) is 0 Å². The molecule has 4 atom stereocenters. The van der Waals surface area contributed by atoms with E-state index in [1.165, 1.54) is 5.56 Å². The van der Waals surface area contributed by atoms with Crippen molar-refractivity contribution in [3.63, 3.8) is 0 Å². The minimum absolute atomic E-state index is 0. The third-order valence-electron chi connectivity index (χ3n) is 6.98. The normalized spacial score (nSPS) is 30.4. The quantitative estimate of drug-likeness (QED) is 0.769. The van der Waals surface area contributed by atoms with Crippen LogP contribution in [0.5, 0.6) is 11.5 Å². The fourth-order valence-electron chi connectivity index (χ4n) is 5.36. The van der Waals surface area contributed by atoms with Crippen molar-refractivity contribution in [2.45, 2.75) is 51.2 Å². The van der Waals surface area contributed by atoms with E-state index in [9.17, 15) is 4.79 Å². The first-order chi connectivity index (χ1) is 14.1. The molecule has 0 bridgehead atoms. The van der Waals surface area contributed by atoms with Crippen LogP contribution in [0.25, 0.3) is 0 Å². The Labute approximate surface area is 185 Å². The van der Waals surface area contributed by atoms with Crippen molar-refractivity contribution in [2.24, 2.45) is 5.92 Å². The Morgan fingerprint density at radius 1 is 1.27 bits per heavy atom. The molecule has 7 heteroatoms. The molecule has 3 fully saturated rings. The van der Waals surface area contributed by atoms with Crippen LogP contribution in [-0.2, 0) is 11.2 Å². The Bertz CT molecular complexity index is 783. The summed E-state index contributed by atoms with van der Waals surface area (Å²) < 4.78 is 11.9. The highest BCUT2D eigenvalue weighted by Gasteiger charge is 2.48. The first kappa shape index (κ1) is 21.7. The van der Waals surface area contributed by atoms with E-state index in [4.69, 9.17) is 9.47 Å². The number of halogens is 1. The zero-order chi connectivity index (χ0) is 20.0. The maximum absolute atomic E-state index is 13.2. The number of likely N-dealkylation sites (tertiary alicyclic amines) is 1. The molecule has 1 aliphatic carbocycles. The molecular formula is C23H34ClN3O3. The lowest BCUT2D eigenvalue weighted by molar-refractivity contribution is -0.131. The molecule has 0 spiro atoms. The summed E-state index contributed by atoms with van der Waals surface area (Å²) in [5, 5.41) is 3.42. The molecule has 2 saturated heterocycles. The van der Waals surface area contributed by atoms with Crippen LogP contribution in [-0.4, -0.2) is 73.7 Å². The standard InChI is InChI=1S/C23H33N3O3.ClH/c1-3-28-22-11-16-10-15(2)29-21(16)13-19(22)18-12-20(18)23(27)26-7-4-17(14-26)25-8-5-24-6-9-25;/h11,13,15,17-18,20,24H,3-10,12,14H2,1-2H3;1H. The Balaban J connectivity index is 0.00000218. The number of rotatable bonds is 5. The molecule has 1 aromatic rings. The van der Waals surface area contributed by atoms with E-state index >= 15 is 0 Å². The average molecular weight is 436 g/mol. The Morgan fingerprint density at radius 2 is 2.07 bits per heavy atom. The zero-order valence-electron chi connectivity index (χ0n) is 18.1. The van der Waals surface area contributed by atoms with Crippen LogP contribution in [0.4, 0.5) is 0 Å². The molecule has 4 unspecified atom stereocenters. The number of nitrogens with zero attached hydrogens (tertiary/aromatic N) is 2. The third-order valence-corrected chi connectivity index (χ3v) is 6.98. The van der Waals surface area contributed by atoms with Gasteiger partial charge in [0.2, 0.25) is 5.91 Å². The van der Waals surface area contributed by atoms with Crippen LogP contribution in [0.3, 0.4) is 0 Å². The highest BCUT2D eigenvalue weighted by molar-refractivity contribution is 5.85. The van der Waals surface area contributed by atoms with Gasteiger partial charge in [-0.05, 0) is 38.8 Å². The number of carbonyl (C=O) groups is 1. The number of ether oxygens (including phenoxy) is 2. The van der Waals surface area contributed by atoms with Gasteiger partial charge in [-0.1, -0.05) is 0 Å². The summed E-state index contributed by atoms with van der Waals surface area (Å²) in [5.74, 6) is 2.64. The average Bonchev–Trinajstić information content (AvgIpc) is 3.20. The molecule has 1 aromatic carbocycles. The van der Waals surface area contributed by atoms with E-state index in [1.54, 1.807) is 0 Å². The largest absolute Gasteiger partial charge is 0.494 e. The maximum Gasteiger partial charge on any atom is 0.226 e. The molecule has 1 N–H and O–H groups in total. The fourth-order valence-corrected chi connectivity index (χ4v) is 5.36. The van der Waals surface area contributed by atoms with E-state index in [-0.39, 0.29) is 30.3 Å². The molecule has 6 nitrogen and oxygen atoms in total. The fraction of sp³-hybridized carbons (Fsp3) is 0.696. The van der Waals surface area contributed by atoms with Crippen molar-refractivity contribution in [2.75, 3.05) is 45.9 Å². The first-order valence-electron chi connectivity index (χ1n) is 11.3. The second-order valence-corrected chi connectivity index (χ2v) is 9.02. The number of nitrogens with one attached hydrogen (secondary N) is 1. The highest BCUT2D eigenvalue weighted by atomic mass is 35.5. The summed E-state index contributed by atoms with van der Waals surface area (Å²) in [4.78, 5) is 17.9. The molecule has 4 aliphatic rings. The molecule has 30 heavy (non-hydrogen) atoms. The van der Waals surface area contributed by atoms with Gasteiger partial charge >= 0.3 is 0 Å². The molecular weight excluding hydrogens is 402 g/mol.